The minimum absolute atomic E-state index is 0.241. The van der Waals surface area contributed by atoms with Crippen molar-refractivity contribution in [2.24, 2.45) is 0 Å². The second-order valence-corrected chi connectivity index (χ2v) is 9.00. The first-order valence-electron chi connectivity index (χ1n) is 12.2. The zero-order valence-corrected chi connectivity index (χ0v) is 20.2. The monoisotopic (exact) mass is 483 g/mol. The SMILES string of the molecule is C=CC(=O)Nc1cccc(-c2cnc3[nH]cc(-c4ccnc5[nH]c(CCc6ccccc6)cc45)c3c2)c1. The minimum atomic E-state index is -0.241. The second-order valence-electron chi connectivity index (χ2n) is 9.00. The lowest BCUT2D eigenvalue weighted by Crippen LogP contribution is -2.06. The summed E-state index contributed by atoms with van der Waals surface area (Å²) >= 11 is 0. The molecule has 0 saturated carbocycles. The van der Waals surface area contributed by atoms with E-state index in [1.54, 1.807) is 0 Å². The van der Waals surface area contributed by atoms with Gasteiger partial charge in [-0.2, -0.15) is 0 Å². The first-order chi connectivity index (χ1) is 18.2. The molecule has 37 heavy (non-hydrogen) atoms. The van der Waals surface area contributed by atoms with Gasteiger partial charge in [0.25, 0.3) is 0 Å². The van der Waals surface area contributed by atoms with Gasteiger partial charge in [-0.25, -0.2) is 9.97 Å². The molecule has 4 aromatic heterocycles. The zero-order valence-electron chi connectivity index (χ0n) is 20.2. The maximum Gasteiger partial charge on any atom is 0.247 e. The van der Waals surface area contributed by atoms with Gasteiger partial charge in [0.2, 0.25) is 5.91 Å². The number of nitrogens with zero attached hydrogens (tertiary/aromatic N) is 2. The Morgan fingerprint density at radius 3 is 2.59 bits per heavy atom. The molecule has 1 amide bonds. The average Bonchev–Trinajstić information content (AvgIpc) is 3.56. The van der Waals surface area contributed by atoms with Crippen LogP contribution in [0.3, 0.4) is 0 Å². The van der Waals surface area contributed by atoms with Gasteiger partial charge in [0, 0.05) is 51.9 Å². The lowest BCUT2D eigenvalue weighted by atomic mass is 10.0. The van der Waals surface area contributed by atoms with E-state index in [0.29, 0.717) is 5.69 Å². The number of benzene rings is 2. The standard InChI is InChI=1S/C31H25N5O/c1-2-29(37)35-23-10-6-9-21(15-23)22-16-26-28(19-34-30(26)33-18-22)25-13-14-32-31-27(25)17-24(36-31)12-11-20-7-4-3-5-8-20/h2-10,13-19H,1,11-12H2,(H,32,36)(H,33,34)(H,35,37). The highest BCUT2D eigenvalue weighted by Gasteiger charge is 2.14. The number of carbonyl (C=O) groups is 1. The Morgan fingerprint density at radius 2 is 1.73 bits per heavy atom. The molecule has 0 saturated heterocycles. The molecule has 0 aliphatic heterocycles. The van der Waals surface area contributed by atoms with Crippen LogP contribution in [0.5, 0.6) is 0 Å². The van der Waals surface area contributed by atoms with Crippen LogP contribution in [0.25, 0.3) is 44.3 Å². The Labute approximate surface area is 214 Å². The summed E-state index contributed by atoms with van der Waals surface area (Å²) in [6.45, 7) is 3.52. The van der Waals surface area contributed by atoms with Gasteiger partial charge in [0.15, 0.2) is 0 Å². The fraction of sp³-hybridized carbons (Fsp3) is 0.0645. The Balaban J connectivity index is 1.36. The van der Waals surface area contributed by atoms with Crippen LogP contribution in [0.1, 0.15) is 11.3 Å². The third-order valence-corrected chi connectivity index (χ3v) is 6.58. The number of H-pyrrole nitrogens is 2. The average molecular weight is 484 g/mol. The van der Waals surface area contributed by atoms with Crippen LogP contribution < -0.4 is 5.32 Å². The van der Waals surface area contributed by atoms with Crippen molar-refractivity contribution < 1.29 is 4.79 Å². The number of carbonyl (C=O) groups excluding carboxylic acids is 1. The highest BCUT2D eigenvalue weighted by molar-refractivity contribution is 6.04. The molecule has 4 heterocycles. The van der Waals surface area contributed by atoms with E-state index >= 15 is 0 Å². The van der Waals surface area contributed by atoms with Gasteiger partial charge < -0.3 is 15.3 Å². The number of anilines is 1. The topological polar surface area (TPSA) is 86.5 Å². The second kappa shape index (κ2) is 9.59. The number of fused-ring (bicyclic) bond motifs is 2. The quantitative estimate of drug-likeness (QED) is 0.221. The first kappa shape index (κ1) is 22.5. The van der Waals surface area contributed by atoms with Crippen molar-refractivity contribution in [3.8, 4) is 22.3 Å². The van der Waals surface area contributed by atoms with Gasteiger partial charge in [-0.15, -0.1) is 0 Å². The molecule has 0 radical (unpaired) electrons. The molecular weight excluding hydrogens is 458 g/mol. The maximum atomic E-state index is 11.7. The van der Waals surface area contributed by atoms with Crippen LogP contribution in [0.4, 0.5) is 5.69 Å². The number of hydrogen-bond acceptors (Lipinski definition) is 3. The predicted octanol–water partition coefficient (Wildman–Crippen LogP) is 6.68. The van der Waals surface area contributed by atoms with E-state index in [1.165, 1.54) is 11.6 Å². The van der Waals surface area contributed by atoms with Gasteiger partial charge in [-0.3, -0.25) is 4.79 Å². The van der Waals surface area contributed by atoms with E-state index in [4.69, 9.17) is 0 Å². The van der Waals surface area contributed by atoms with Crippen LogP contribution in [0.15, 0.2) is 104 Å². The van der Waals surface area contributed by atoms with Crippen molar-refractivity contribution >= 4 is 33.7 Å². The van der Waals surface area contributed by atoms with E-state index < -0.39 is 0 Å². The van der Waals surface area contributed by atoms with Crippen molar-refractivity contribution in [2.75, 3.05) is 5.32 Å². The lowest BCUT2D eigenvalue weighted by Gasteiger charge is -2.07. The van der Waals surface area contributed by atoms with Crippen molar-refractivity contribution in [1.29, 1.82) is 0 Å². The van der Waals surface area contributed by atoms with E-state index in [-0.39, 0.29) is 5.91 Å². The minimum Gasteiger partial charge on any atom is -0.346 e. The Morgan fingerprint density at radius 1 is 0.865 bits per heavy atom. The Hall–Kier alpha value is -4.97. The molecule has 180 valence electrons. The van der Waals surface area contributed by atoms with E-state index in [9.17, 15) is 4.79 Å². The molecule has 6 aromatic rings. The molecule has 0 bridgehead atoms. The number of aromatic nitrogens is 4. The summed E-state index contributed by atoms with van der Waals surface area (Å²) in [4.78, 5) is 27.8. The molecule has 0 aliphatic carbocycles. The molecule has 6 rings (SSSR count). The Bertz CT molecular complexity index is 1750. The zero-order chi connectivity index (χ0) is 25.2. The third kappa shape index (κ3) is 4.52. The molecule has 0 unspecified atom stereocenters. The number of hydrogen-bond donors (Lipinski definition) is 3. The normalized spacial score (nSPS) is 11.1. The predicted molar refractivity (Wildman–Crippen MR) is 149 cm³/mol. The number of rotatable bonds is 7. The summed E-state index contributed by atoms with van der Waals surface area (Å²) in [5.74, 6) is -0.241. The first-order valence-corrected chi connectivity index (χ1v) is 12.2. The summed E-state index contributed by atoms with van der Waals surface area (Å²) in [7, 11) is 0. The van der Waals surface area contributed by atoms with Crippen LogP contribution in [-0.4, -0.2) is 25.8 Å². The number of nitrogens with one attached hydrogen (secondary N) is 3. The van der Waals surface area contributed by atoms with Crippen molar-refractivity contribution in [2.45, 2.75) is 12.8 Å². The van der Waals surface area contributed by atoms with Gasteiger partial charge in [-0.1, -0.05) is 49.0 Å². The van der Waals surface area contributed by atoms with Gasteiger partial charge in [0.05, 0.1) is 0 Å². The number of pyridine rings is 2. The largest absolute Gasteiger partial charge is 0.346 e. The molecule has 6 heteroatoms. The number of amides is 1. The molecule has 0 aliphatic rings. The molecule has 2 aromatic carbocycles. The summed E-state index contributed by atoms with van der Waals surface area (Å²) in [6, 6.07) is 24.6. The van der Waals surface area contributed by atoms with E-state index in [1.807, 2.05) is 48.9 Å². The highest BCUT2D eigenvalue weighted by Crippen LogP contribution is 2.35. The fourth-order valence-electron chi connectivity index (χ4n) is 4.73. The number of aryl methyl sites for hydroxylation is 2. The van der Waals surface area contributed by atoms with Crippen LogP contribution in [0.2, 0.25) is 0 Å². The van der Waals surface area contributed by atoms with E-state index in [2.05, 4.69) is 74.3 Å². The van der Waals surface area contributed by atoms with Crippen LogP contribution in [-0.2, 0) is 17.6 Å². The molecule has 0 atom stereocenters. The van der Waals surface area contributed by atoms with Crippen molar-refractivity contribution in [3.63, 3.8) is 0 Å². The summed E-state index contributed by atoms with van der Waals surface area (Å²) in [6.07, 6.45) is 8.84. The maximum absolute atomic E-state index is 11.7. The van der Waals surface area contributed by atoms with Crippen LogP contribution in [0, 0.1) is 0 Å². The molecule has 0 fully saturated rings. The molecule has 6 nitrogen and oxygen atoms in total. The third-order valence-electron chi connectivity index (χ3n) is 6.58. The fourth-order valence-corrected chi connectivity index (χ4v) is 4.73. The highest BCUT2D eigenvalue weighted by atomic mass is 16.1. The summed E-state index contributed by atoms with van der Waals surface area (Å²) in [5.41, 5.74) is 8.99. The van der Waals surface area contributed by atoms with Crippen molar-refractivity contribution in [1.82, 2.24) is 19.9 Å². The summed E-state index contributed by atoms with van der Waals surface area (Å²) < 4.78 is 0. The number of aromatic amines is 2. The van der Waals surface area contributed by atoms with Gasteiger partial charge in [-0.05, 0) is 65.9 Å². The molecular formula is C31H25N5O. The lowest BCUT2D eigenvalue weighted by molar-refractivity contribution is -0.111. The summed E-state index contributed by atoms with van der Waals surface area (Å²) in [5, 5.41) is 4.93. The molecule has 3 N–H and O–H groups in total. The van der Waals surface area contributed by atoms with Gasteiger partial charge in [0.1, 0.15) is 11.3 Å². The molecule has 0 spiro atoms. The smallest absolute Gasteiger partial charge is 0.247 e. The Kier molecular flexibility index (Phi) is 5.83. The van der Waals surface area contributed by atoms with E-state index in [0.717, 1.165) is 62.9 Å². The van der Waals surface area contributed by atoms with Crippen molar-refractivity contribution in [3.05, 3.63) is 115 Å². The van der Waals surface area contributed by atoms with Gasteiger partial charge >= 0.3 is 0 Å². The van der Waals surface area contributed by atoms with Crippen LogP contribution >= 0.6 is 0 Å².